The molecule has 0 aromatic heterocycles. The van der Waals surface area contributed by atoms with Gasteiger partial charge in [0.15, 0.2) is 5.11 Å². The molecule has 3 aromatic carbocycles. The van der Waals surface area contributed by atoms with E-state index in [0.29, 0.717) is 36.0 Å². The zero-order valence-corrected chi connectivity index (χ0v) is 19.7. The number of halogens is 1. The first-order valence-electron chi connectivity index (χ1n) is 9.97. The van der Waals surface area contributed by atoms with Gasteiger partial charge in [-0.25, -0.2) is 0 Å². The highest BCUT2D eigenvalue weighted by Crippen LogP contribution is 2.24. The first-order chi connectivity index (χ1) is 15.5. The van der Waals surface area contributed by atoms with Crippen LogP contribution in [0.1, 0.15) is 15.9 Å². The van der Waals surface area contributed by atoms with E-state index in [0.717, 1.165) is 10.9 Å². The van der Waals surface area contributed by atoms with Gasteiger partial charge < -0.3 is 14.8 Å². The maximum atomic E-state index is 12.9. The third kappa shape index (κ3) is 7.21. The number of anilines is 1. The Morgan fingerprint density at radius 1 is 1.03 bits per heavy atom. The van der Waals surface area contributed by atoms with Crippen LogP contribution in [0, 0.1) is 0 Å². The molecule has 0 unspecified atom stereocenters. The zero-order chi connectivity index (χ0) is 22.8. The number of carbonyl (C=O) groups is 1. The number of ether oxygens (including phenoxy) is 2. The molecule has 0 saturated carbocycles. The summed E-state index contributed by atoms with van der Waals surface area (Å²) in [7, 11) is 0. The fourth-order valence-electron chi connectivity index (χ4n) is 2.88. The summed E-state index contributed by atoms with van der Waals surface area (Å²) in [5.74, 6) is 0.798. The molecule has 1 amide bonds. The van der Waals surface area contributed by atoms with Crippen LogP contribution in [0.3, 0.4) is 0 Å². The summed E-state index contributed by atoms with van der Waals surface area (Å²) >= 11 is 8.73. The van der Waals surface area contributed by atoms with Gasteiger partial charge in [-0.05, 0) is 48.1 Å². The van der Waals surface area contributed by atoms with E-state index in [9.17, 15) is 4.79 Å². The molecule has 0 heterocycles. The number of nitrogens with one attached hydrogen (secondary N) is 2. The normalized spacial score (nSPS) is 10.2. The summed E-state index contributed by atoms with van der Waals surface area (Å²) in [6.07, 6.45) is 2.41. The molecule has 0 spiro atoms. The Morgan fingerprint density at radius 3 is 2.62 bits per heavy atom. The third-order valence-electron chi connectivity index (χ3n) is 4.36. The second-order valence-electron chi connectivity index (χ2n) is 6.76. The first kappa shape index (κ1) is 23.5. The van der Waals surface area contributed by atoms with Crippen LogP contribution in [0.5, 0.6) is 11.5 Å². The summed E-state index contributed by atoms with van der Waals surface area (Å²) in [5.41, 5.74) is 2.25. The zero-order valence-electron chi connectivity index (χ0n) is 17.3. The quantitative estimate of drug-likeness (QED) is 0.283. The standard InChI is InChI=1S/C25H23BrN2O3S/c1-2-14-30-21-10-6-9-20(17-21)27-25(32)28-24(29)22-16-19(26)11-12-23(22)31-15-13-18-7-4-3-5-8-18/h2-12,16-17H,1,13-15H2,(H2,27,28,29,32). The van der Waals surface area contributed by atoms with Crippen molar-refractivity contribution in [2.75, 3.05) is 18.5 Å². The van der Waals surface area contributed by atoms with Gasteiger partial charge in [-0.1, -0.05) is 65.0 Å². The van der Waals surface area contributed by atoms with Crippen LogP contribution in [0.15, 0.2) is 89.9 Å². The van der Waals surface area contributed by atoms with Gasteiger partial charge >= 0.3 is 0 Å². The lowest BCUT2D eigenvalue weighted by molar-refractivity contribution is 0.0973. The number of hydrogen-bond donors (Lipinski definition) is 2. The minimum absolute atomic E-state index is 0.172. The summed E-state index contributed by atoms with van der Waals surface area (Å²) in [6, 6.07) is 22.6. The minimum Gasteiger partial charge on any atom is -0.492 e. The van der Waals surface area contributed by atoms with Crippen LogP contribution in [0.2, 0.25) is 0 Å². The van der Waals surface area contributed by atoms with E-state index in [4.69, 9.17) is 21.7 Å². The van der Waals surface area contributed by atoms with Gasteiger partial charge in [0.2, 0.25) is 0 Å². The van der Waals surface area contributed by atoms with E-state index in [2.05, 4.69) is 33.1 Å². The molecule has 7 heteroatoms. The summed E-state index contributed by atoms with van der Waals surface area (Å²) in [4.78, 5) is 12.9. The Morgan fingerprint density at radius 2 is 1.84 bits per heavy atom. The molecule has 0 aliphatic heterocycles. The van der Waals surface area contributed by atoms with Crippen molar-refractivity contribution < 1.29 is 14.3 Å². The minimum atomic E-state index is -0.363. The fourth-order valence-corrected chi connectivity index (χ4v) is 3.45. The molecular formula is C25H23BrN2O3S. The van der Waals surface area contributed by atoms with Crippen LogP contribution in [0.4, 0.5) is 5.69 Å². The number of amides is 1. The predicted octanol–water partition coefficient (Wildman–Crippen LogP) is 5.76. The lowest BCUT2D eigenvalue weighted by Gasteiger charge is -2.14. The molecule has 32 heavy (non-hydrogen) atoms. The van der Waals surface area contributed by atoms with Crippen LogP contribution < -0.4 is 20.1 Å². The Hall–Kier alpha value is -3.16. The largest absolute Gasteiger partial charge is 0.492 e. The van der Waals surface area contributed by atoms with Crippen molar-refractivity contribution in [2.24, 2.45) is 0 Å². The highest BCUT2D eigenvalue weighted by molar-refractivity contribution is 9.10. The lowest BCUT2D eigenvalue weighted by atomic mass is 10.1. The number of benzene rings is 3. The van der Waals surface area contributed by atoms with Gasteiger partial charge in [0.05, 0.1) is 12.2 Å². The molecule has 0 radical (unpaired) electrons. The summed E-state index contributed by atoms with van der Waals surface area (Å²) in [6.45, 7) is 4.49. The lowest BCUT2D eigenvalue weighted by Crippen LogP contribution is -2.34. The second kappa shape index (κ2) is 12.0. The average Bonchev–Trinajstić information content (AvgIpc) is 2.79. The highest BCUT2D eigenvalue weighted by Gasteiger charge is 2.15. The van der Waals surface area contributed by atoms with Crippen LogP contribution in [0.25, 0.3) is 0 Å². The molecule has 2 N–H and O–H groups in total. The van der Waals surface area contributed by atoms with Crippen molar-refractivity contribution in [1.29, 1.82) is 0 Å². The van der Waals surface area contributed by atoms with Crippen molar-refractivity contribution in [3.05, 3.63) is 101 Å². The first-order valence-corrected chi connectivity index (χ1v) is 11.2. The summed E-state index contributed by atoms with van der Waals surface area (Å²) in [5, 5.41) is 5.88. The van der Waals surface area contributed by atoms with Crippen LogP contribution >= 0.6 is 28.1 Å². The van der Waals surface area contributed by atoms with Gasteiger partial charge in [0, 0.05) is 22.6 Å². The van der Waals surface area contributed by atoms with E-state index in [-0.39, 0.29) is 11.0 Å². The van der Waals surface area contributed by atoms with Gasteiger partial charge in [-0.3, -0.25) is 10.1 Å². The Kier molecular flexibility index (Phi) is 8.83. The molecule has 0 aliphatic rings. The Labute approximate surface area is 201 Å². The van der Waals surface area contributed by atoms with Crippen molar-refractivity contribution in [3.63, 3.8) is 0 Å². The number of hydrogen-bond acceptors (Lipinski definition) is 4. The Bertz CT molecular complexity index is 1090. The molecule has 0 aliphatic carbocycles. The monoisotopic (exact) mass is 510 g/mol. The predicted molar refractivity (Wildman–Crippen MR) is 136 cm³/mol. The molecule has 3 aromatic rings. The average molecular weight is 511 g/mol. The maximum Gasteiger partial charge on any atom is 0.261 e. The van der Waals surface area contributed by atoms with Crippen molar-refractivity contribution in [1.82, 2.24) is 5.32 Å². The topological polar surface area (TPSA) is 59.6 Å². The molecule has 164 valence electrons. The SMILES string of the molecule is C=CCOc1cccc(NC(=S)NC(=O)c2cc(Br)ccc2OCCc2ccccc2)c1. The fraction of sp³-hybridized carbons (Fsp3) is 0.120. The van der Waals surface area contributed by atoms with E-state index in [1.54, 1.807) is 24.3 Å². The van der Waals surface area contributed by atoms with Gasteiger partial charge in [-0.15, -0.1) is 0 Å². The van der Waals surface area contributed by atoms with Crippen molar-refractivity contribution in [2.45, 2.75) is 6.42 Å². The molecule has 0 saturated heterocycles. The van der Waals surface area contributed by atoms with Crippen LogP contribution in [-0.4, -0.2) is 24.2 Å². The van der Waals surface area contributed by atoms with Crippen molar-refractivity contribution in [3.8, 4) is 11.5 Å². The van der Waals surface area contributed by atoms with Gasteiger partial charge in [-0.2, -0.15) is 0 Å². The molecule has 0 bridgehead atoms. The third-order valence-corrected chi connectivity index (χ3v) is 5.06. The van der Waals surface area contributed by atoms with Crippen molar-refractivity contribution >= 4 is 44.9 Å². The number of rotatable bonds is 9. The molecule has 5 nitrogen and oxygen atoms in total. The number of thiocarbonyl (C=S) groups is 1. The number of carbonyl (C=O) groups excluding carboxylic acids is 1. The van der Waals surface area contributed by atoms with E-state index in [1.165, 1.54) is 5.56 Å². The van der Waals surface area contributed by atoms with E-state index < -0.39 is 0 Å². The Balaban J connectivity index is 1.62. The molecule has 0 fully saturated rings. The molecule has 0 atom stereocenters. The van der Waals surface area contributed by atoms with E-state index >= 15 is 0 Å². The van der Waals surface area contributed by atoms with Gasteiger partial charge in [0.25, 0.3) is 5.91 Å². The molecular weight excluding hydrogens is 488 g/mol. The smallest absolute Gasteiger partial charge is 0.261 e. The summed E-state index contributed by atoms with van der Waals surface area (Å²) < 4.78 is 12.2. The van der Waals surface area contributed by atoms with Crippen LogP contribution in [-0.2, 0) is 6.42 Å². The van der Waals surface area contributed by atoms with Gasteiger partial charge in [0.1, 0.15) is 18.1 Å². The van der Waals surface area contributed by atoms with E-state index in [1.807, 2.05) is 54.6 Å². The highest BCUT2D eigenvalue weighted by atomic mass is 79.9. The maximum absolute atomic E-state index is 12.9. The molecule has 3 rings (SSSR count). The second-order valence-corrected chi connectivity index (χ2v) is 8.08.